The summed E-state index contributed by atoms with van der Waals surface area (Å²) in [5.74, 6) is -0.284. The molecule has 3 nitrogen and oxygen atoms in total. The van der Waals surface area contributed by atoms with E-state index in [9.17, 15) is 4.79 Å². The van der Waals surface area contributed by atoms with Gasteiger partial charge in [0.2, 0.25) is 5.91 Å². The van der Waals surface area contributed by atoms with Crippen LogP contribution in [-0.4, -0.2) is 10.9 Å². The zero-order chi connectivity index (χ0) is 18.5. The second-order valence-electron chi connectivity index (χ2n) is 5.42. The molecule has 0 aliphatic heterocycles. The predicted molar refractivity (Wildman–Crippen MR) is 110 cm³/mol. The monoisotopic (exact) mass is 422 g/mol. The fourth-order valence-electron chi connectivity index (χ4n) is 2.21. The Balaban J connectivity index is 1.61. The third kappa shape index (κ3) is 5.32. The number of anilines is 1. The highest BCUT2D eigenvalue weighted by molar-refractivity contribution is 7.15. The molecule has 3 rings (SSSR count). The van der Waals surface area contributed by atoms with E-state index in [0.29, 0.717) is 25.8 Å². The number of benzene rings is 2. The lowest BCUT2D eigenvalue weighted by Gasteiger charge is -2.00. The van der Waals surface area contributed by atoms with E-state index < -0.39 is 0 Å². The number of halogens is 3. The van der Waals surface area contributed by atoms with Crippen molar-refractivity contribution in [3.63, 3.8) is 0 Å². The minimum Gasteiger partial charge on any atom is -0.298 e. The molecule has 3 aromatic rings. The van der Waals surface area contributed by atoms with Gasteiger partial charge in [-0.3, -0.25) is 10.1 Å². The average molecular weight is 424 g/mol. The van der Waals surface area contributed by atoms with Crippen molar-refractivity contribution in [3.05, 3.63) is 85.8 Å². The zero-order valence-electron chi connectivity index (χ0n) is 13.4. The third-order valence-electron chi connectivity index (χ3n) is 3.45. The topological polar surface area (TPSA) is 42.0 Å². The maximum absolute atomic E-state index is 12.1. The van der Waals surface area contributed by atoms with Crippen LogP contribution in [0.5, 0.6) is 0 Å². The van der Waals surface area contributed by atoms with Crippen LogP contribution in [0.2, 0.25) is 15.1 Å². The quantitative estimate of drug-likeness (QED) is 0.486. The molecule has 0 bridgehead atoms. The van der Waals surface area contributed by atoms with Gasteiger partial charge in [0.25, 0.3) is 0 Å². The predicted octanol–water partition coefficient (Wildman–Crippen LogP) is 6.35. The normalized spacial score (nSPS) is 11.0. The van der Waals surface area contributed by atoms with E-state index in [1.165, 1.54) is 17.4 Å². The van der Waals surface area contributed by atoms with Gasteiger partial charge in [-0.1, -0.05) is 46.9 Å². The van der Waals surface area contributed by atoms with Gasteiger partial charge in [0, 0.05) is 38.6 Å². The van der Waals surface area contributed by atoms with Crippen LogP contribution in [0.4, 0.5) is 5.13 Å². The van der Waals surface area contributed by atoms with Crippen LogP contribution < -0.4 is 5.32 Å². The molecule has 26 heavy (non-hydrogen) atoms. The second kappa shape index (κ2) is 8.69. The van der Waals surface area contributed by atoms with Gasteiger partial charge in [0.15, 0.2) is 5.13 Å². The van der Waals surface area contributed by atoms with E-state index >= 15 is 0 Å². The summed E-state index contributed by atoms with van der Waals surface area (Å²) in [7, 11) is 0. The van der Waals surface area contributed by atoms with Crippen molar-refractivity contribution in [2.24, 2.45) is 0 Å². The molecular weight excluding hydrogens is 411 g/mol. The fraction of sp³-hybridized carbons (Fsp3) is 0.0526. The Morgan fingerprint density at radius 3 is 2.58 bits per heavy atom. The van der Waals surface area contributed by atoms with E-state index in [1.54, 1.807) is 30.5 Å². The number of carbonyl (C=O) groups excluding carboxylic acids is 1. The number of thiazole rings is 1. The Hall–Kier alpha value is -1.85. The molecule has 1 amide bonds. The minimum absolute atomic E-state index is 0.284. The molecule has 0 atom stereocenters. The summed E-state index contributed by atoms with van der Waals surface area (Å²) in [6.45, 7) is 0. The summed E-state index contributed by atoms with van der Waals surface area (Å²) in [5, 5.41) is 5.08. The molecule has 1 aromatic heterocycles. The first kappa shape index (κ1) is 18.9. The van der Waals surface area contributed by atoms with Gasteiger partial charge in [0.1, 0.15) is 0 Å². The van der Waals surface area contributed by atoms with Gasteiger partial charge in [-0.15, -0.1) is 11.3 Å². The molecule has 0 aliphatic rings. The van der Waals surface area contributed by atoms with Gasteiger partial charge < -0.3 is 0 Å². The van der Waals surface area contributed by atoms with Crippen LogP contribution in [-0.2, 0) is 11.2 Å². The molecule has 0 saturated carbocycles. The van der Waals surface area contributed by atoms with Crippen LogP contribution >= 0.6 is 46.1 Å². The van der Waals surface area contributed by atoms with Crippen LogP contribution in [0.15, 0.2) is 54.7 Å². The SMILES string of the molecule is O=C(C=Cc1cc(Cl)ccc1Cl)Nc1ncc(Cc2ccc(Cl)cc2)s1. The van der Waals surface area contributed by atoms with Crippen molar-refractivity contribution in [3.8, 4) is 0 Å². The highest BCUT2D eigenvalue weighted by atomic mass is 35.5. The minimum atomic E-state index is -0.284. The van der Waals surface area contributed by atoms with Crippen molar-refractivity contribution in [2.45, 2.75) is 6.42 Å². The standard InChI is InChI=1S/C19H13Cl3N2OS/c20-14-4-1-12(2-5-14)9-16-11-23-19(26-16)24-18(25)8-3-13-10-15(21)6-7-17(13)22/h1-8,10-11H,9H2,(H,23,24,25). The van der Waals surface area contributed by atoms with E-state index in [0.717, 1.165) is 16.9 Å². The van der Waals surface area contributed by atoms with Crippen molar-refractivity contribution >= 4 is 63.3 Å². The first-order valence-electron chi connectivity index (χ1n) is 7.63. The fourth-order valence-corrected chi connectivity index (χ4v) is 3.54. The average Bonchev–Trinajstić information content (AvgIpc) is 3.04. The Bertz CT molecular complexity index is 952. The Morgan fingerprint density at radius 1 is 1.08 bits per heavy atom. The molecule has 0 aliphatic carbocycles. The Morgan fingerprint density at radius 2 is 1.81 bits per heavy atom. The molecule has 1 heterocycles. The number of aromatic nitrogens is 1. The molecule has 2 aromatic carbocycles. The summed E-state index contributed by atoms with van der Waals surface area (Å²) in [4.78, 5) is 17.3. The smallest absolute Gasteiger partial charge is 0.250 e. The number of hydrogen-bond donors (Lipinski definition) is 1. The number of hydrogen-bond acceptors (Lipinski definition) is 3. The molecule has 0 fully saturated rings. The summed E-state index contributed by atoms with van der Waals surface area (Å²) in [5.41, 5.74) is 1.81. The lowest BCUT2D eigenvalue weighted by Crippen LogP contribution is -2.07. The highest BCUT2D eigenvalue weighted by Gasteiger charge is 2.06. The number of amides is 1. The lowest BCUT2D eigenvalue weighted by atomic mass is 10.1. The first-order valence-corrected chi connectivity index (χ1v) is 9.58. The zero-order valence-corrected chi connectivity index (χ0v) is 16.5. The van der Waals surface area contributed by atoms with E-state index in [4.69, 9.17) is 34.8 Å². The van der Waals surface area contributed by atoms with Gasteiger partial charge in [-0.2, -0.15) is 0 Å². The second-order valence-corrected chi connectivity index (χ2v) is 7.82. The summed E-state index contributed by atoms with van der Waals surface area (Å²) in [6, 6.07) is 12.7. The van der Waals surface area contributed by atoms with Crippen LogP contribution in [0.3, 0.4) is 0 Å². The number of rotatable bonds is 5. The molecule has 0 saturated heterocycles. The molecule has 0 unspecified atom stereocenters. The molecule has 1 N–H and O–H groups in total. The number of nitrogens with zero attached hydrogens (tertiary/aromatic N) is 1. The summed E-state index contributed by atoms with van der Waals surface area (Å²) in [6.07, 6.45) is 5.51. The Labute approximate surface area is 170 Å². The van der Waals surface area contributed by atoms with Crippen molar-refractivity contribution < 1.29 is 4.79 Å². The molecule has 132 valence electrons. The molecule has 0 radical (unpaired) electrons. The van der Waals surface area contributed by atoms with E-state index in [-0.39, 0.29) is 5.91 Å². The van der Waals surface area contributed by atoms with Crippen LogP contribution in [0.1, 0.15) is 16.0 Å². The van der Waals surface area contributed by atoms with Gasteiger partial charge in [0.05, 0.1) is 0 Å². The molecule has 7 heteroatoms. The van der Waals surface area contributed by atoms with Gasteiger partial charge in [-0.25, -0.2) is 4.98 Å². The van der Waals surface area contributed by atoms with E-state index in [2.05, 4.69) is 10.3 Å². The first-order chi connectivity index (χ1) is 12.5. The Kier molecular flexibility index (Phi) is 6.33. The number of nitrogens with one attached hydrogen (secondary N) is 1. The largest absolute Gasteiger partial charge is 0.298 e. The molecular formula is C19H13Cl3N2OS. The maximum atomic E-state index is 12.1. The van der Waals surface area contributed by atoms with Gasteiger partial charge in [-0.05, 0) is 47.5 Å². The van der Waals surface area contributed by atoms with Crippen molar-refractivity contribution in [2.75, 3.05) is 5.32 Å². The van der Waals surface area contributed by atoms with E-state index in [1.807, 2.05) is 24.3 Å². The van der Waals surface area contributed by atoms with Crippen molar-refractivity contribution in [1.29, 1.82) is 0 Å². The molecule has 0 spiro atoms. The maximum Gasteiger partial charge on any atom is 0.250 e. The summed E-state index contributed by atoms with van der Waals surface area (Å²) < 4.78 is 0. The summed E-state index contributed by atoms with van der Waals surface area (Å²) >= 11 is 19.3. The lowest BCUT2D eigenvalue weighted by molar-refractivity contribution is -0.111. The van der Waals surface area contributed by atoms with Crippen LogP contribution in [0.25, 0.3) is 6.08 Å². The van der Waals surface area contributed by atoms with Gasteiger partial charge >= 0.3 is 0 Å². The van der Waals surface area contributed by atoms with Crippen LogP contribution in [0, 0.1) is 0 Å². The third-order valence-corrected chi connectivity index (χ3v) is 5.19. The highest BCUT2D eigenvalue weighted by Crippen LogP contribution is 2.23. The van der Waals surface area contributed by atoms with Crippen molar-refractivity contribution in [1.82, 2.24) is 4.98 Å². The number of carbonyl (C=O) groups is 1.